The Morgan fingerprint density at radius 1 is 1.16 bits per heavy atom. The molecule has 0 bridgehead atoms. The van der Waals surface area contributed by atoms with Crippen molar-refractivity contribution in [3.8, 4) is 0 Å². The van der Waals surface area contributed by atoms with Crippen LogP contribution >= 0.6 is 0 Å². The summed E-state index contributed by atoms with van der Waals surface area (Å²) in [5.41, 5.74) is 3.17. The third kappa shape index (κ3) is 4.82. The summed E-state index contributed by atoms with van der Waals surface area (Å²) >= 11 is 0. The maximum Gasteiger partial charge on any atom is 0.254 e. The molecule has 0 aliphatic heterocycles. The highest BCUT2D eigenvalue weighted by Crippen LogP contribution is 2.30. The molecule has 3 rings (SSSR count). The molecule has 0 radical (unpaired) electrons. The van der Waals surface area contributed by atoms with Crippen molar-refractivity contribution in [2.45, 2.75) is 32.4 Å². The molecule has 1 saturated carbocycles. The van der Waals surface area contributed by atoms with Crippen LogP contribution in [0.4, 0.5) is 5.69 Å². The van der Waals surface area contributed by atoms with Crippen LogP contribution in [0, 0.1) is 6.92 Å². The van der Waals surface area contributed by atoms with Crippen molar-refractivity contribution < 1.29 is 13.2 Å². The lowest BCUT2D eigenvalue weighted by Gasteiger charge is -2.23. The molecular formula is C19H22N2O3S. The standard InChI is InChI=1S/C19H22N2O3S/c1-14-5-3-6-15(11-14)13-21(18-9-10-18)19(22)16-7-4-8-17(12-16)20-25(2,23)24/h3-8,11-12,18,20H,9-10,13H2,1-2H3. The molecule has 0 aromatic heterocycles. The lowest BCUT2D eigenvalue weighted by Crippen LogP contribution is -2.32. The van der Waals surface area contributed by atoms with Gasteiger partial charge in [-0.05, 0) is 43.5 Å². The molecule has 0 unspecified atom stereocenters. The van der Waals surface area contributed by atoms with Crippen LogP contribution in [0.5, 0.6) is 0 Å². The zero-order valence-electron chi connectivity index (χ0n) is 14.4. The molecule has 1 N–H and O–H groups in total. The summed E-state index contributed by atoms with van der Waals surface area (Å²) in [6, 6.07) is 15.1. The van der Waals surface area contributed by atoms with E-state index in [-0.39, 0.29) is 11.9 Å². The Kier molecular flexibility index (Phi) is 4.81. The second-order valence-corrected chi connectivity index (χ2v) is 8.36. The van der Waals surface area contributed by atoms with Gasteiger partial charge in [-0.15, -0.1) is 0 Å². The zero-order chi connectivity index (χ0) is 18.0. The average Bonchev–Trinajstić information content (AvgIpc) is 3.35. The van der Waals surface area contributed by atoms with Crippen molar-refractivity contribution in [2.24, 2.45) is 0 Å². The fourth-order valence-electron chi connectivity index (χ4n) is 2.86. The first-order valence-corrected chi connectivity index (χ1v) is 10.2. The minimum Gasteiger partial charge on any atom is -0.331 e. The molecule has 2 aromatic carbocycles. The first kappa shape index (κ1) is 17.5. The number of hydrogen-bond acceptors (Lipinski definition) is 3. The van der Waals surface area contributed by atoms with E-state index in [9.17, 15) is 13.2 Å². The van der Waals surface area contributed by atoms with Crippen molar-refractivity contribution in [1.82, 2.24) is 4.90 Å². The summed E-state index contributed by atoms with van der Waals surface area (Å²) in [6.07, 6.45) is 3.12. The van der Waals surface area contributed by atoms with Crippen LogP contribution in [-0.2, 0) is 16.6 Å². The van der Waals surface area contributed by atoms with Crippen LogP contribution in [0.2, 0.25) is 0 Å². The van der Waals surface area contributed by atoms with Gasteiger partial charge in [0.1, 0.15) is 0 Å². The average molecular weight is 358 g/mol. The van der Waals surface area contributed by atoms with Crippen LogP contribution in [0.1, 0.15) is 34.3 Å². The van der Waals surface area contributed by atoms with Gasteiger partial charge in [0.15, 0.2) is 0 Å². The quantitative estimate of drug-likeness (QED) is 0.862. The number of amides is 1. The van der Waals surface area contributed by atoms with Crippen molar-refractivity contribution in [3.63, 3.8) is 0 Å². The van der Waals surface area contributed by atoms with Crippen LogP contribution < -0.4 is 4.72 Å². The number of nitrogens with one attached hydrogen (secondary N) is 1. The number of anilines is 1. The summed E-state index contributed by atoms with van der Waals surface area (Å²) in [5.74, 6) is -0.0684. The molecule has 2 aromatic rings. The molecule has 1 fully saturated rings. The van der Waals surface area contributed by atoms with E-state index in [2.05, 4.69) is 10.8 Å². The highest BCUT2D eigenvalue weighted by atomic mass is 32.2. The fraction of sp³-hybridized carbons (Fsp3) is 0.316. The molecule has 0 spiro atoms. The van der Waals surface area contributed by atoms with E-state index in [4.69, 9.17) is 0 Å². The van der Waals surface area contributed by atoms with Gasteiger partial charge in [0.25, 0.3) is 5.91 Å². The first-order chi connectivity index (χ1) is 11.8. The highest BCUT2D eigenvalue weighted by Gasteiger charge is 2.33. The molecule has 1 aliphatic rings. The minimum atomic E-state index is -3.37. The van der Waals surface area contributed by atoms with Crippen LogP contribution in [-0.4, -0.2) is 31.5 Å². The van der Waals surface area contributed by atoms with E-state index in [0.717, 1.165) is 24.7 Å². The summed E-state index contributed by atoms with van der Waals surface area (Å²) in [7, 11) is -3.37. The molecule has 25 heavy (non-hydrogen) atoms. The maximum absolute atomic E-state index is 13.0. The number of sulfonamides is 1. The minimum absolute atomic E-state index is 0.0684. The van der Waals surface area contributed by atoms with E-state index in [1.807, 2.05) is 30.0 Å². The van der Waals surface area contributed by atoms with Crippen LogP contribution in [0.15, 0.2) is 48.5 Å². The normalized spacial score (nSPS) is 14.2. The van der Waals surface area contributed by atoms with E-state index < -0.39 is 10.0 Å². The molecule has 5 nitrogen and oxygen atoms in total. The van der Waals surface area contributed by atoms with Gasteiger partial charge in [-0.3, -0.25) is 9.52 Å². The van der Waals surface area contributed by atoms with Crippen LogP contribution in [0.3, 0.4) is 0 Å². The van der Waals surface area contributed by atoms with Gasteiger partial charge in [0.2, 0.25) is 10.0 Å². The van der Waals surface area contributed by atoms with Gasteiger partial charge >= 0.3 is 0 Å². The Hall–Kier alpha value is -2.34. The smallest absolute Gasteiger partial charge is 0.254 e. The van der Waals surface area contributed by atoms with E-state index in [1.54, 1.807) is 24.3 Å². The molecule has 6 heteroatoms. The lowest BCUT2D eigenvalue weighted by molar-refractivity contribution is 0.0730. The zero-order valence-corrected chi connectivity index (χ0v) is 15.2. The van der Waals surface area contributed by atoms with E-state index in [0.29, 0.717) is 17.8 Å². The van der Waals surface area contributed by atoms with Gasteiger partial charge in [0, 0.05) is 23.8 Å². The second-order valence-electron chi connectivity index (χ2n) is 6.61. The van der Waals surface area contributed by atoms with Gasteiger partial charge in [-0.1, -0.05) is 35.9 Å². The molecule has 0 heterocycles. The molecule has 0 saturated heterocycles. The summed E-state index contributed by atoms with van der Waals surface area (Å²) in [6.45, 7) is 2.60. The molecular weight excluding hydrogens is 336 g/mol. The molecule has 132 valence electrons. The Labute approximate surface area is 148 Å². The number of rotatable bonds is 6. The number of benzene rings is 2. The number of aryl methyl sites for hydroxylation is 1. The topological polar surface area (TPSA) is 66.5 Å². The van der Waals surface area contributed by atoms with Crippen molar-refractivity contribution in [3.05, 3.63) is 65.2 Å². The SMILES string of the molecule is Cc1cccc(CN(C(=O)c2cccc(NS(C)(=O)=O)c2)C2CC2)c1. The molecule has 1 amide bonds. The van der Waals surface area contributed by atoms with Crippen LogP contribution in [0.25, 0.3) is 0 Å². The third-order valence-corrected chi connectivity index (χ3v) is 4.70. The second kappa shape index (κ2) is 6.88. The predicted octanol–water partition coefficient (Wildman–Crippen LogP) is 3.17. The Morgan fingerprint density at radius 2 is 1.88 bits per heavy atom. The predicted molar refractivity (Wildman–Crippen MR) is 99.0 cm³/mol. The van der Waals surface area contributed by atoms with E-state index >= 15 is 0 Å². The number of carbonyl (C=O) groups is 1. The fourth-order valence-corrected chi connectivity index (χ4v) is 3.41. The third-order valence-electron chi connectivity index (χ3n) is 4.10. The van der Waals surface area contributed by atoms with Gasteiger partial charge in [0.05, 0.1) is 6.26 Å². The van der Waals surface area contributed by atoms with Crippen molar-refractivity contribution >= 4 is 21.6 Å². The molecule has 1 aliphatic carbocycles. The summed E-state index contributed by atoms with van der Waals surface area (Å²) < 4.78 is 25.2. The Bertz CT molecular complexity index is 889. The Morgan fingerprint density at radius 3 is 2.52 bits per heavy atom. The number of nitrogens with zero attached hydrogens (tertiary/aromatic N) is 1. The summed E-state index contributed by atoms with van der Waals surface area (Å²) in [4.78, 5) is 14.9. The number of hydrogen-bond donors (Lipinski definition) is 1. The van der Waals surface area contributed by atoms with Crippen molar-refractivity contribution in [1.29, 1.82) is 0 Å². The van der Waals surface area contributed by atoms with Gasteiger partial charge < -0.3 is 4.90 Å². The highest BCUT2D eigenvalue weighted by molar-refractivity contribution is 7.92. The van der Waals surface area contributed by atoms with E-state index in [1.165, 1.54) is 5.56 Å². The number of carbonyl (C=O) groups excluding carboxylic acids is 1. The van der Waals surface area contributed by atoms with Gasteiger partial charge in [-0.25, -0.2) is 8.42 Å². The van der Waals surface area contributed by atoms with Crippen molar-refractivity contribution in [2.75, 3.05) is 11.0 Å². The van der Waals surface area contributed by atoms with Gasteiger partial charge in [-0.2, -0.15) is 0 Å². The molecule has 0 atom stereocenters. The Balaban J connectivity index is 1.82. The summed E-state index contributed by atoms with van der Waals surface area (Å²) in [5, 5.41) is 0. The lowest BCUT2D eigenvalue weighted by atomic mass is 10.1. The maximum atomic E-state index is 13.0. The largest absolute Gasteiger partial charge is 0.331 e. The first-order valence-electron chi connectivity index (χ1n) is 8.26. The monoisotopic (exact) mass is 358 g/mol.